The van der Waals surface area contributed by atoms with Crippen LogP contribution in [0.3, 0.4) is 0 Å². The monoisotopic (exact) mass is 292 g/mol. The molecule has 1 aliphatic carbocycles. The number of hydrogen-bond donors (Lipinski definition) is 4. The van der Waals surface area contributed by atoms with Gasteiger partial charge in [-0.3, -0.25) is 4.79 Å². The number of nitrogens with two attached hydrogens (primary N) is 1. The standard InChI is InChI=1S/C15H20N2O4/c16-9-15(6-1-7-15)14(21)17-12(13(19)20)8-10-2-4-11(18)5-3-10/h2-5,12,18H,1,6-9,16H2,(H,17,21)(H,19,20)/t12-/m0/s1. The second-order valence-corrected chi connectivity index (χ2v) is 5.57. The smallest absolute Gasteiger partial charge is 0.326 e. The number of phenolic OH excluding ortho intramolecular Hbond substituents is 1. The van der Waals surface area contributed by atoms with E-state index in [4.69, 9.17) is 5.73 Å². The van der Waals surface area contributed by atoms with Gasteiger partial charge in [0.05, 0.1) is 5.41 Å². The molecule has 0 aliphatic heterocycles. The largest absolute Gasteiger partial charge is 0.508 e. The Morgan fingerprint density at radius 3 is 2.33 bits per heavy atom. The first-order valence-corrected chi connectivity index (χ1v) is 6.98. The third-order valence-corrected chi connectivity index (χ3v) is 4.16. The zero-order valence-corrected chi connectivity index (χ0v) is 11.7. The van der Waals surface area contributed by atoms with Crippen LogP contribution in [0.25, 0.3) is 0 Å². The highest BCUT2D eigenvalue weighted by Gasteiger charge is 2.43. The van der Waals surface area contributed by atoms with Crippen LogP contribution in [0.5, 0.6) is 5.75 Å². The molecule has 1 fully saturated rings. The summed E-state index contributed by atoms with van der Waals surface area (Å²) in [6, 6.07) is 5.26. The fourth-order valence-electron chi connectivity index (χ4n) is 2.51. The molecule has 6 heteroatoms. The van der Waals surface area contributed by atoms with Gasteiger partial charge >= 0.3 is 5.97 Å². The summed E-state index contributed by atoms with van der Waals surface area (Å²) in [4.78, 5) is 23.6. The Labute approximate surface area is 123 Å². The first-order valence-electron chi connectivity index (χ1n) is 6.98. The molecule has 1 aromatic carbocycles. The van der Waals surface area contributed by atoms with Crippen molar-refractivity contribution in [3.05, 3.63) is 29.8 Å². The maximum atomic E-state index is 12.2. The highest BCUT2D eigenvalue weighted by Crippen LogP contribution is 2.40. The summed E-state index contributed by atoms with van der Waals surface area (Å²) in [7, 11) is 0. The van der Waals surface area contributed by atoms with Crippen LogP contribution in [0.4, 0.5) is 0 Å². The van der Waals surface area contributed by atoms with E-state index in [1.165, 1.54) is 12.1 Å². The van der Waals surface area contributed by atoms with Crippen molar-refractivity contribution < 1.29 is 19.8 Å². The van der Waals surface area contributed by atoms with Crippen LogP contribution in [0.1, 0.15) is 24.8 Å². The number of nitrogens with one attached hydrogen (secondary N) is 1. The van der Waals surface area contributed by atoms with Crippen LogP contribution in [0, 0.1) is 5.41 Å². The van der Waals surface area contributed by atoms with Crippen molar-refractivity contribution in [2.45, 2.75) is 31.7 Å². The van der Waals surface area contributed by atoms with Crippen LogP contribution >= 0.6 is 0 Å². The Hall–Kier alpha value is -2.08. The summed E-state index contributed by atoms with van der Waals surface area (Å²) in [5, 5.41) is 21.1. The summed E-state index contributed by atoms with van der Waals surface area (Å²) in [5.41, 5.74) is 5.79. The van der Waals surface area contributed by atoms with Crippen LogP contribution < -0.4 is 11.1 Å². The molecule has 1 aromatic rings. The van der Waals surface area contributed by atoms with E-state index in [9.17, 15) is 19.8 Å². The van der Waals surface area contributed by atoms with E-state index >= 15 is 0 Å². The number of carboxylic acids is 1. The van der Waals surface area contributed by atoms with Gasteiger partial charge in [-0.05, 0) is 30.5 Å². The fourth-order valence-corrected chi connectivity index (χ4v) is 2.51. The maximum Gasteiger partial charge on any atom is 0.326 e. The van der Waals surface area contributed by atoms with E-state index in [2.05, 4.69) is 5.32 Å². The molecule has 0 aromatic heterocycles. The Morgan fingerprint density at radius 2 is 1.90 bits per heavy atom. The lowest BCUT2D eigenvalue weighted by atomic mass is 9.68. The maximum absolute atomic E-state index is 12.2. The van der Waals surface area contributed by atoms with Crippen molar-refractivity contribution in [3.8, 4) is 5.75 Å². The molecule has 0 saturated heterocycles. The zero-order chi connectivity index (χ0) is 15.5. The number of amides is 1. The Bertz CT molecular complexity index is 517. The number of phenols is 1. The van der Waals surface area contributed by atoms with Crippen LogP contribution in [-0.4, -0.2) is 34.7 Å². The van der Waals surface area contributed by atoms with E-state index in [1.54, 1.807) is 12.1 Å². The molecular formula is C15H20N2O4. The average Bonchev–Trinajstić information content (AvgIpc) is 2.39. The number of rotatable bonds is 6. The second kappa shape index (κ2) is 6.13. The summed E-state index contributed by atoms with van der Waals surface area (Å²) in [5.74, 6) is -1.24. The molecule has 0 heterocycles. The molecule has 5 N–H and O–H groups in total. The normalized spacial score (nSPS) is 17.6. The van der Waals surface area contributed by atoms with Crippen molar-refractivity contribution in [2.75, 3.05) is 6.54 Å². The summed E-state index contributed by atoms with van der Waals surface area (Å²) in [6.45, 7) is 0.240. The number of carbonyl (C=O) groups is 2. The quantitative estimate of drug-likeness (QED) is 0.614. The molecule has 21 heavy (non-hydrogen) atoms. The van der Waals surface area contributed by atoms with Gasteiger partial charge < -0.3 is 21.3 Å². The van der Waals surface area contributed by atoms with E-state index in [1.807, 2.05) is 0 Å². The lowest BCUT2D eigenvalue weighted by Gasteiger charge is -2.39. The molecule has 0 bridgehead atoms. The number of carbonyl (C=O) groups excluding carboxylic acids is 1. The zero-order valence-electron chi connectivity index (χ0n) is 11.7. The molecular weight excluding hydrogens is 272 g/mol. The van der Waals surface area contributed by atoms with Crippen molar-refractivity contribution in [1.29, 1.82) is 0 Å². The first kappa shape index (κ1) is 15.3. The minimum atomic E-state index is -1.08. The van der Waals surface area contributed by atoms with E-state index in [0.717, 1.165) is 12.0 Å². The molecule has 0 unspecified atom stereocenters. The number of benzene rings is 1. The predicted octanol–water partition coefficient (Wildman–Crippen LogP) is 0.633. The number of carboxylic acid groups (broad SMARTS) is 1. The topological polar surface area (TPSA) is 113 Å². The van der Waals surface area contributed by atoms with E-state index in [0.29, 0.717) is 12.8 Å². The van der Waals surface area contributed by atoms with Crippen LogP contribution in [-0.2, 0) is 16.0 Å². The highest BCUT2D eigenvalue weighted by molar-refractivity contribution is 5.88. The molecule has 1 amide bonds. The van der Waals surface area contributed by atoms with Crippen LogP contribution in [0.2, 0.25) is 0 Å². The third-order valence-electron chi connectivity index (χ3n) is 4.16. The van der Waals surface area contributed by atoms with Gasteiger partial charge in [0.2, 0.25) is 5.91 Å². The van der Waals surface area contributed by atoms with Gasteiger partial charge in [-0.2, -0.15) is 0 Å². The molecule has 1 aliphatic rings. The van der Waals surface area contributed by atoms with Gasteiger partial charge in [0.25, 0.3) is 0 Å². The summed E-state index contributed by atoms with van der Waals surface area (Å²) >= 11 is 0. The van der Waals surface area contributed by atoms with Crippen molar-refractivity contribution in [2.24, 2.45) is 11.1 Å². The first-order chi connectivity index (χ1) is 9.97. The lowest BCUT2D eigenvalue weighted by Crippen LogP contribution is -2.54. The van der Waals surface area contributed by atoms with Gasteiger partial charge in [-0.15, -0.1) is 0 Å². The highest BCUT2D eigenvalue weighted by atomic mass is 16.4. The SMILES string of the molecule is NCC1(C(=O)N[C@@H](Cc2ccc(O)cc2)C(=O)O)CCC1. The van der Waals surface area contributed by atoms with E-state index < -0.39 is 17.4 Å². The molecule has 0 spiro atoms. The van der Waals surface area contributed by atoms with Gasteiger partial charge in [-0.1, -0.05) is 18.6 Å². The van der Waals surface area contributed by atoms with Crippen molar-refractivity contribution >= 4 is 11.9 Å². The van der Waals surface area contributed by atoms with Crippen molar-refractivity contribution in [3.63, 3.8) is 0 Å². The van der Waals surface area contributed by atoms with Crippen LogP contribution in [0.15, 0.2) is 24.3 Å². The number of aliphatic carboxylic acids is 1. The summed E-state index contributed by atoms with van der Waals surface area (Å²) < 4.78 is 0. The molecule has 1 atom stereocenters. The second-order valence-electron chi connectivity index (χ2n) is 5.57. The Balaban J connectivity index is 2.04. The Morgan fingerprint density at radius 1 is 1.29 bits per heavy atom. The Kier molecular flexibility index (Phi) is 4.47. The van der Waals surface area contributed by atoms with E-state index in [-0.39, 0.29) is 24.6 Å². The lowest BCUT2D eigenvalue weighted by molar-refractivity contribution is -0.145. The van der Waals surface area contributed by atoms with Gasteiger partial charge in [-0.25, -0.2) is 4.79 Å². The van der Waals surface area contributed by atoms with Gasteiger partial charge in [0.15, 0.2) is 0 Å². The fraction of sp³-hybridized carbons (Fsp3) is 0.467. The molecule has 6 nitrogen and oxygen atoms in total. The summed E-state index contributed by atoms with van der Waals surface area (Å²) in [6.07, 6.45) is 2.53. The van der Waals surface area contributed by atoms with Crippen molar-refractivity contribution in [1.82, 2.24) is 5.32 Å². The molecule has 2 rings (SSSR count). The molecule has 114 valence electrons. The minimum absolute atomic E-state index is 0.117. The van der Waals surface area contributed by atoms with Gasteiger partial charge in [0, 0.05) is 13.0 Å². The molecule has 1 saturated carbocycles. The molecule has 0 radical (unpaired) electrons. The third kappa shape index (κ3) is 3.33. The van der Waals surface area contributed by atoms with Gasteiger partial charge in [0.1, 0.15) is 11.8 Å². The predicted molar refractivity (Wildman–Crippen MR) is 76.7 cm³/mol. The number of aromatic hydroxyl groups is 1. The number of hydrogen-bond acceptors (Lipinski definition) is 4. The average molecular weight is 292 g/mol. The minimum Gasteiger partial charge on any atom is -0.508 e.